The highest BCUT2D eigenvalue weighted by Gasteiger charge is 2.21. The highest BCUT2D eigenvalue weighted by molar-refractivity contribution is 5.94. The minimum Gasteiger partial charge on any atom is -0.370 e. The largest absolute Gasteiger partial charge is 0.370 e. The Kier molecular flexibility index (Phi) is 25.6. The van der Waals surface area contributed by atoms with Crippen molar-refractivity contribution < 1.29 is 24.0 Å². The number of guanidine groups is 2. The number of rotatable bonds is 28. The Labute approximate surface area is 297 Å². The average Bonchev–Trinajstić information content (AvgIpc) is 3.04. The molecule has 0 fully saturated rings. The van der Waals surface area contributed by atoms with E-state index in [-0.39, 0.29) is 49.8 Å². The zero-order valence-corrected chi connectivity index (χ0v) is 30.3. The Morgan fingerprint density at radius 2 is 1.02 bits per heavy atom. The van der Waals surface area contributed by atoms with Gasteiger partial charge in [-0.15, -0.1) is 0 Å². The normalized spacial score (nSPS) is 13.5. The minimum absolute atomic E-state index is 0.0776. The van der Waals surface area contributed by atoms with Gasteiger partial charge in [-0.1, -0.05) is 70.4 Å². The molecule has 0 heterocycles. The standard InChI is InChI=1S/C34H63N11O5/c1-4-5-6-7-8-9-10-11-12-17-28(46)42-24(2)18-20-30(48)45-27(16-14-23-41-34(38)39)32(50)43-25(3)19-21-29(47)44-26(31(35)49)15-13-22-40-33(36)37/h18-21,24-27H,4-17,22-23H2,1-3H3,(H2,35,49)(H,42,46)(H,43,50)(H,44,47)(H,45,48)(H4,36,37,40)(H4,38,39,41)/b20-18+,21-19+/t24-,25-,26-,27-/m0/s1. The predicted octanol–water partition coefficient (Wildman–Crippen LogP) is 0.591. The Morgan fingerprint density at radius 1 is 0.580 bits per heavy atom. The highest BCUT2D eigenvalue weighted by atomic mass is 16.2. The summed E-state index contributed by atoms with van der Waals surface area (Å²) in [6.45, 7) is 6.13. The summed E-state index contributed by atoms with van der Waals surface area (Å²) >= 11 is 0. The molecule has 16 nitrogen and oxygen atoms in total. The molecule has 4 atom stereocenters. The van der Waals surface area contributed by atoms with Gasteiger partial charge < -0.3 is 49.9 Å². The van der Waals surface area contributed by atoms with Gasteiger partial charge in [-0.2, -0.15) is 0 Å². The van der Waals surface area contributed by atoms with Gasteiger partial charge in [0.25, 0.3) is 0 Å². The van der Waals surface area contributed by atoms with E-state index in [1.807, 2.05) is 0 Å². The number of carbonyl (C=O) groups excluding carboxylic acids is 5. The molecule has 0 aromatic rings. The number of nitrogens with two attached hydrogens (primary N) is 5. The van der Waals surface area contributed by atoms with Crippen LogP contribution in [0.25, 0.3) is 0 Å². The Morgan fingerprint density at radius 3 is 1.50 bits per heavy atom. The molecule has 5 amide bonds. The van der Waals surface area contributed by atoms with E-state index in [0.29, 0.717) is 19.3 Å². The summed E-state index contributed by atoms with van der Waals surface area (Å²) in [4.78, 5) is 70.1. The maximum absolute atomic E-state index is 13.1. The second kappa shape index (κ2) is 28.2. The van der Waals surface area contributed by atoms with Crippen molar-refractivity contribution in [1.82, 2.24) is 21.3 Å². The lowest BCUT2D eigenvalue weighted by molar-refractivity contribution is -0.127. The summed E-state index contributed by atoms with van der Waals surface area (Å²) in [5, 5.41) is 10.8. The number of aliphatic imine (C=N–C) groups is 2. The van der Waals surface area contributed by atoms with Crippen LogP contribution in [0.1, 0.15) is 111 Å². The Hall–Kier alpha value is -4.63. The number of nitrogens with zero attached hydrogens (tertiary/aromatic N) is 2. The van der Waals surface area contributed by atoms with Gasteiger partial charge >= 0.3 is 0 Å². The van der Waals surface area contributed by atoms with Crippen molar-refractivity contribution in [1.29, 1.82) is 0 Å². The highest BCUT2D eigenvalue weighted by Crippen LogP contribution is 2.10. The zero-order valence-electron chi connectivity index (χ0n) is 30.3. The van der Waals surface area contributed by atoms with E-state index in [4.69, 9.17) is 28.7 Å². The molecule has 0 spiro atoms. The fraction of sp³-hybridized carbons (Fsp3) is 0.676. The van der Waals surface area contributed by atoms with E-state index in [9.17, 15) is 24.0 Å². The molecule has 0 saturated heterocycles. The summed E-state index contributed by atoms with van der Waals surface area (Å²) in [5.41, 5.74) is 26.7. The predicted molar refractivity (Wildman–Crippen MR) is 198 cm³/mol. The molecule has 50 heavy (non-hydrogen) atoms. The first-order valence-corrected chi connectivity index (χ1v) is 17.7. The number of hydrogen-bond acceptors (Lipinski definition) is 7. The van der Waals surface area contributed by atoms with Crippen molar-refractivity contribution in [2.45, 2.75) is 135 Å². The molecule has 14 N–H and O–H groups in total. The number of carbonyl (C=O) groups is 5. The Balaban J connectivity index is 4.97. The van der Waals surface area contributed by atoms with E-state index in [1.165, 1.54) is 56.8 Å². The average molecular weight is 706 g/mol. The molecule has 0 saturated carbocycles. The van der Waals surface area contributed by atoms with Crippen LogP contribution < -0.4 is 49.9 Å². The van der Waals surface area contributed by atoms with Crippen molar-refractivity contribution >= 4 is 41.5 Å². The van der Waals surface area contributed by atoms with Crippen LogP contribution >= 0.6 is 0 Å². The number of hydrogen-bond donors (Lipinski definition) is 9. The van der Waals surface area contributed by atoms with Crippen LogP contribution in [0.2, 0.25) is 0 Å². The topological polar surface area (TPSA) is 288 Å². The maximum Gasteiger partial charge on any atom is 0.244 e. The third-order valence-electron chi connectivity index (χ3n) is 7.52. The van der Waals surface area contributed by atoms with Crippen LogP contribution in [-0.4, -0.2) is 78.7 Å². The quantitative estimate of drug-likeness (QED) is 0.0238. The zero-order chi connectivity index (χ0) is 37.7. The fourth-order valence-electron chi connectivity index (χ4n) is 4.81. The van der Waals surface area contributed by atoms with Crippen LogP contribution in [0.5, 0.6) is 0 Å². The molecule has 0 aliphatic carbocycles. The maximum atomic E-state index is 13.1. The smallest absolute Gasteiger partial charge is 0.244 e. The molecule has 0 aromatic heterocycles. The van der Waals surface area contributed by atoms with Gasteiger partial charge in [0.05, 0.1) is 0 Å². The molecular formula is C34H63N11O5. The van der Waals surface area contributed by atoms with Crippen molar-refractivity contribution in [3.05, 3.63) is 24.3 Å². The molecule has 0 aliphatic rings. The third kappa shape index (κ3) is 26.3. The van der Waals surface area contributed by atoms with Gasteiger partial charge in [0.2, 0.25) is 29.5 Å². The van der Waals surface area contributed by atoms with E-state index in [1.54, 1.807) is 19.9 Å². The van der Waals surface area contributed by atoms with E-state index < -0.39 is 41.8 Å². The monoisotopic (exact) mass is 706 g/mol. The van der Waals surface area contributed by atoms with Gasteiger partial charge in [0, 0.05) is 43.7 Å². The second-order valence-corrected chi connectivity index (χ2v) is 12.4. The summed E-state index contributed by atoms with van der Waals surface area (Å²) in [7, 11) is 0. The van der Waals surface area contributed by atoms with Crippen LogP contribution in [0.3, 0.4) is 0 Å². The summed E-state index contributed by atoms with van der Waals surface area (Å²) in [5.74, 6) is -2.55. The van der Waals surface area contributed by atoms with Crippen LogP contribution in [0.4, 0.5) is 0 Å². The first-order valence-electron chi connectivity index (χ1n) is 17.7. The lowest BCUT2D eigenvalue weighted by atomic mass is 10.1. The van der Waals surface area contributed by atoms with Crippen LogP contribution in [0, 0.1) is 0 Å². The molecule has 284 valence electrons. The molecular weight excluding hydrogens is 642 g/mol. The molecule has 0 bridgehead atoms. The summed E-state index contributed by atoms with van der Waals surface area (Å²) in [6.07, 6.45) is 17.7. The third-order valence-corrected chi connectivity index (χ3v) is 7.52. The molecule has 0 unspecified atom stereocenters. The van der Waals surface area contributed by atoms with Gasteiger partial charge in [-0.25, -0.2) is 0 Å². The fourth-order valence-corrected chi connectivity index (χ4v) is 4.81. The first-order chi connectivity index (χ1) is 23.7. The summed E-state index contributed by atoms with van der Waals surface area (Å²) in [6, 6.07) is -2.87. The Bertz CT molecular complexity index is 1150. The van der Waals surface area contributed by atoms with Crippen LogP contribution in [-0.2, 0) is 24.0 Å². The van der Waals surface area contributed by atoms with Gasteiger partial charge in [-0.3, -0.25) is 34.0 Å². The van der Waals surface area contributed by atoms with Crippen molar-refractivity contribution in [2.24, 2.45) is 38.7 Å². The van der Waals surface area contributed by atoms with E-state index >= 15 is 0 Å². The SMILES string of the molecule is CCCCCCCCCCCC(=O)N[C@@H](C)/C=C/C(=O)N[C@@H](CCCN=C(N)N)C(=O)N[C@@H](C)/C=C/C(=O)N[C@@H](CCCN=C(N)N)C(N)=O. The number of primary amides is 1. The van der Waals surface area contributed by atoms with E-state index in [0.717, 1.165) is 19.3 Å². The number of amides is 5. The lowest BCUT2D eigenvalue weighted by Crippen LogP contribution is -2.48. The van der Waals surface area contributed by atoms with Gasteiger partial charge in [0.15, 0.2) is 11.9 Å². The minimum atomic E-state index is -0.938. The van der Waals surface area contributed by atoms with Crippen molar-refractivity contribution in [2.75, 3.05) is 13.1 Å². The second-order valence-electron chi connectivity index (χ2n) is 12.4. The van der Waals surface area contributed by atoms with Crippen molar-refractivity contribution in [3.8, 4) is 0 Å². The van der Waals surface area contributed by atoms with Crippen LogP contribution in [0.15, 0.2) is 34.3 Å². The van der Waals surface area contributed by atoms with Gasteiger partial charge in [0.1, 0.15) is 12.1 Å². The first kappa shape index (κ1) is 45.4. The molecule has 0 radical (unpaired) electrons. The summed E-state index contributed by atoms with van der Waals surface area (Å²) < 4.78 is 0. The molecule has 0 aliphatic heterocycles. The molecule has 16 heteroatoms. The van der Waals surface area contributed by atoms with E-state index in [2.05, 4.69) is 38.2 Å². The molecule has 0 rings (SSSR count). The lowest BCUT2D eigenvalue weighted by Gasteiger charge is -2.20. The number of nitrogens with one attached hydrogen (secondary N) is 4. The number of unbranched alkanes of at least 4 members (excludes halogenated alkanes) is 8. The van der Waals surface area contributed by atoms with Gasteiger partial charge in [-0.05, 0) is 46.0 Å². The molecule has 0 aromatic carbocycles. The van der Waals surface area contributed by atoms with Crippen molar-refractivity contribution in [3.63, 3.8) is 0 Å².